The zero-order valence-electron chi connectivity index (χ0n) is 22.9. The second kappa shape index (κ2) is 12.8. The van der Waals surface area contributed by atoms with E-state index in [1.807, 2.05) is 0 Å². The van der Waals surface area contributed by atoms with Gasteiger partial charge < -0.3 is 34.8 Å². The molecule has 224 valence electrons. The molecular weight excluding hydrogens is 582 g/mol. The Morgan fingerprint density at radius 2 is 1.98 bits per heavy atom. The number of H-pyrrole nitrogens is 1. The van der Waals surface area contributed by atoms with Crippen molar-refractivity contribution in [2.45, 2.75) is 24.5 Å². The Kier molecular flexibility index (Phi) is 8.77. The topological polar surface area (TPSA) is 207 Å². The molecule has 0 saturated carbocycles. The van der Waals surface area contributed by atoms with Crippen molar-refractivity contribution >= 4 is 51.9 Å². The van der Waals surface area contributed by atoms with Gasteiger partial charge >= 0.3 is 11.9 Å². The number of phenols is 1. The maximum atomic E-state index is 13.5. The van der Waals surface area contributed by atoms with Gasteiger partial charge in [0.2, 0.25) is 5.76 Å². The number of anilines is 1. The van der Waals surface area contributed by atoms with Crippen LogP contribution in [0.4, 0.5) is 5.82 Å². The predicted molar refractivity (Wildman–Crippen MR) is 153 cm³/mol. The number of aromatic amines is 1. The van der Waals surface area contributed by atoms with Crippen molar-refractivity contribution in [2.24, 2.45) is 0 Å². The average molecular weight is 610 g/mol. The number of rotatable bonds is 10. The SMILES string of the molecule is COC(=Cc1ccc(O)cc1)C(=O)OC1C(OC(=O)C=Cc2cnc[nH]2)C(CS(C)=O)OC1n1cnc2c(N)ncnc21. The molecule has 5 unspecified atom stereocenters. The number of hydrogen-bond acceptors (Lipinski definition) is 13. The molecule has 0 amide bonds. The Hall–Kier alpha value is -5.09. The van der Waals surface area contributed by atoms with Gasteiger partial charge in [-0.15, -0.1) is 0 Å². The van der Waals surface area contributed by atoms with Crippen molar-refractivity contribution in [2.75, 3.05) is 24.9 Å². The summed E-state index contributed by atoms with van der Waals surface area (Å²) in [5, 5.41) is 9.58. The number of imidazole rings is 2. The minimum Gasteiger partial charge on any atom is -0.508 e. The van der Waals surface area contributed by atoms with Gasteiger partial charge in [0.05, 0.1) is 37.4 Å². The lowest BCUT2D eigenvalue weighted by Crippen LogP contribution is -2.41. The molecular formula is C27H27N7O8S. The summed E-state index contributed by atoms with van der Waals surface area (Å²) < 4.78 is 37.0. The number of carbonyl (C=O) groups is 2. The number of esters is 2. The van der Waals surface area contributed by atoms with Crippen LogP contribution in [0.25, 0.3) is 23.3 Å². The number of nitrogens with zero attached hydrogens (tertiary/aromatic N) is 5. The fraction of sp³-hybridized carbons (Fsp3) is 0.259. The van der Waals surface area contributed by atoms with E-state index in [1.54, 1.807) is 12.1 Å². The van der Waals surface area contributed by atoms with E-state index in [2.05, 4.69) is 24.9 Å². The van der Waals surface area contributed by atoms with E-state index < -0.39 is 47.3 Å². The number of aromatic hydroxyl groups is 1. The minimum atomic E-state index is -1.39. The van der Waals surface area contributed by atoms with E-state index >= 15 is 0 Å². The second-order valence-electron chi connectivity index (χ2n) is 9.30. The van der Waals surface area contributed by atoms with Crippen molar-refractivity contribution in [3.63, 3.8) is 0 Å². The van der Waals surface area contributed by atoms with Gasteiger partial charge in [-0.1, -0.05) is 12.1 Å². The number of aromatic nitrogens is 6. The summed E-state index contributed by atoms with van der Waals surface area (Å²) in [6, 6.07) is 6.05. The lowest BCUT2D eigenvalue weighted by molar-refractivity contribution is -0.164. The standard InChI is InChI=1S/C27H27N7O8S/c1-39-18(9-15-3-6-17(35)7-4-15)27(37)42-23-22(41-20(36)8-5-16-10-29-12-30-16)19(11-43(2)38)40-26(23)34-14-33-21-24(28)31-13-32-25(21)34/h3-10,12-14,19,22-23,26,35H,11H2,1-2H3,(H,29,30)(H2,28,31,32). The molecule has 4 N–H and O–H groups in total. The predicted octanol–water partition coefficient (Wildman–Crippen LogP) is 1.34. The summed E-state index contributed by atoms with van der Waals surface area (Å²) in [5.41, 5.74) is 7.61. The van der Waals surface area contributed by atoms with E-state index in [-0.39, 0.29) is 34.2 Å². The number of nitrogen functional groups attached to an aromatic ring is 1. The summed E-state index contributed by atoms with van der Waals surface area (Å²) in [5.74, 6) is -1.74. The van der Waals surface area contributed by atoms with Crippen molar-refractivity contribution in [1.29, 1.82) is 0 Å². The number of ether oxygens (including phenoxy) is 4. The Labute approximate surface area is 246 Å². The number of fused-ring (bicyclic) bond motifs is 1. The fourth-order valence-corrected chi connectivity index (χ4v) is 5.15. The molecule has 3 aromatic heterocycles. The third-order valence-electron chi connectivity index (χ3n) is 6.37. The zero-order valence-corrected chi connectivity index (χ0v) is 23.7. The van der Waals surface area contributed by atoms with Crippen LogP contribution >= 0.6 is 0 Å². The van der Waals surface area contributed by atoms with Gasteiger partial charge in [0.25, 0.3) is 0 Å². The van der Waals surface area contributed by atoms with Crippen molar-refractivity contribution in [3.8, 4) is 5.75 Å². The third kappa shape index (κ3) is 6.70. The Morgan fingerprint density at radius 1 is 1.19 bits per heavy atom. The number of phenolic OH excluding ortho intramolecular Hbond substituents is 1. The molecule has 1 fully saturated rings. The lowest BCUT2D eigenvalue weighted by Gasteiger charge is -2.24. The minimum absolute atomic E-state index is 0.0446. The van der Waals surface area contributed by atoms with Crippen LogP contribution in [-0.4, -0.2) is 88.2 Å². The molecule has 1 saturated heterocycles. The number of nitrogens with one attached hydrogen (secondary N) is 1. The number of carbonyl (C=O) groups excluding carboxylic acids is 2. The van der Waals surface area contributed by atoms with Gasteiger partial charge in [0.15, 0.2) is 29.9 Å². The molecule has 1 aliphatic heterocycles. The zero-order chi connectivity index (χ0) is 30.5. The number of hydrogen-bond donors (Lipinski definition) is 3. The van der Waals surface area contributed by atoms with Gasteiger partial charge in [-0.2, -0.15) is 0 Å². The highest BCUT2D eigenvalue weighted by atomic mass is 32.2. The highest BCUT2D eigenvalue weighted by Gasteiger charge is 2.51. The van der Waals surface area contributed by atoms with E-state index in [4.69, 9.17) is 24.7 Å². The summed E-state index contributed by atoms with van der Waals surface area (Å²) in [4.78, 5) is 45.6. The molecule has 0 aliphatic carbocycles. The first-order chi connectivity index (χ1) is 20.7. The second-order valence-corrected chi connectivity index (χ2v) is 10.8. The Balaban J connectivity index is 1.51. The first-order valence-electron chi connectivity index (χ1n) is 12.7. The van der Waals surface area contributed by atoms with E-state index in [9.17, 15) is 18.9 Å². The lowest BCUT2D eigenvalue weighted by atomic mass is 10.1. The smallest absolute Gasteiger partial charge is 0.374 e. The number of nitrogens with two attached hydrogens (primary N) is 1. The summed E-state index contributed by atoms with van der Waals surface area (Å²) in [7, 11) is -0.101. The van der Waals surface area contributed by atoms with Crippen LogP contribution in [0, 0.1) is 0 Å². The average Bonchev–Trinajstić information content (AvgIpc) is 3.72. The Morgan fingerprint density at radius 3 is 2.67 bits per heavy atom. The summed E-state index contributed by atoms with van der Waals surface area (Å²) in [6.45, 7) is 0. The highest BCUT2D eigenvalue weighted by molar-refractivity contribution is 7.84. The molecule has 1 aliphatic rings. The van der Waals surface area contributed by atoms with Gasteiger partial charge in [0.1, 0.15) is 23.7 Å². The van der Waals surface area contributed by atoms with Crippen LogP contribution in [0.5, 0.6) is 5.75 Å². The molecule has 16 heteroatoms. The van der Waals surface area contributed by atoms with Crippen LogP contribution in [0.2, 0.25) is 0 Å². The van der Waals surface area contributed by atoms with Crippen LogP contribution < -0.4 is 5.73 Å². The summed E-state index contributed by atoms with van der Waals surface area (Å²) >= 11 is 0. The molecule has 5 atom stereocenters. The largest absolute Gasteiger partial charge is 0.508 e. The number of benzene rings is 1. The van der Waals surface area contributed by atoms with Crippen LogP contribution in [0.3, 0.4) is 0 Å². The summed E-state index contributed by atoms with van der Waals surface area (Å²) in [6.07, 6.45) is 6.54. The van der Waals surface area contributed by atoms with Crippen molar-refractivity contribution in [1.82, 2.24) is 29.5 Å². The molecule has 15 nitrogen and oxygen atoms in total. The molecule has 0 spiro atoms. The Bertz CT molecular complexity index is 1690. The molecule has 43 heavy (non-hydrogen) atoms. The monoisotopic (exact) mass is 609 g/mol. The first-order valence-corrected chi connectivity index (χ1v) is 14.5. The van der Waals surface area contributed by atoms with Crippen LogP contribution in [0.15, 0.2) is 61.3 Å². The van der Waals surface area contributed by atoms with Crippen LogP contribution in [0.1, 0.15) is 17.5 Å². The maximum Gasteiger partial charge on any atom is 0.374 e. The molecule has 4 heterocycles. The number of methoxy groups -OCH3 is 1. The van der Waals surface area contributed by atoms with Crippen molar-refractivity contribution in [3.05, 3.63) is 72.5 Å². The van der Waals surface area contributed by atoms with E-state index in [0.717, 1.165) is 0 Å². The third-order valence-corrected chi connectivity index (χ3v) is 7.17. The van der Waals surface area contributed by atoms with Crippen LogP contribution in [-0.2, 0) is 39.3 Å². The normalized spacial score (nSPS) is 21.2. The van der Waals surface area contributed by atoms with Gasteiger partial charge in [0, 0.05) is 23.1 Å². The van der Waals surface area contributed by atoms with E-state index in [0.29, 0.717) is 11.3 Å². The molecule has 0 radical (unpaired) electrons. The molecule has 5 rings (SSSR count). The molecule has 4 aromatic rings. The van der Waals surface area contributed by atoms with Gasteiger partial charge in [-0.3, -0.25) is 8.78 Å². The van der Waals surface area contributed by atoms with Gasteiger partial charge in [-0.25, -0.2) is 29.5 Å². The highest BCUT2D eigenvalue weighted by Crippen LogP contribution is 2.37. The van der Waals surface area contributed by atoms with Crippen molar-refractivity contribution < 1.29 is 37.9 Å². The molecule has 1 aromatic carbocycles. The maximum absolute atomic E-state index is 13.5. The first kappa shape index (κ1) is 29.4. The van der Waals surface area contributed by atoms with E-state index in [1.165, 1.54) is 73.5 Å². The fourth-order valence-electron chi connectivity index (χ4n) is 4.42. The molecule has 0 bridgehead atoms. The van der Waals surface area contributed by atoms with Gasteiger partial charge in [-0.05, 0) is 29.8 Å². The quantitative estimate of drug-likeness (QED) is 0.132.